The highest BCUT2D eigenvalue weighted by Gasteiger charge is 2.53. The summed E-state index contributed by atoms with van der Waals surface area (Å²) in [6, 6.07) is 108. The summed E-state index contributed by atoms with van der Waals surface area (Å²) in [5.41, 5.74) is 23.4. The molecule has 3 aliphatic carbocycles. The number of anilines is 6. The molecule has 0 heterocycles. The fourth-order valence-electron chi connectivity index (χ4n) is 13.5. The number of fused-ring (bicyclic) bond motifs is 15. The zero-order chi connectivity index (χ0) is 48.8. The van der Waals surface area contributed by atoms with Gasteiger partial charge in [0, 0.05) is 33.7 Å². The van der Waals surface area contributed by atoms with Gasteiger partial charge in [0.05, 0.1) is 22.2 Å². The monoisotopic (exact) mass is 940 g/mol. The Morgan fingerprint density at radius 2 is 0.649 bits per heavy atom. The molecule has 12 aromatic rings. The van der Waals surface area contributed by atoms with E-state index in [-0.39, 0.29) is 0 Å². The van der Waals surface area contributed by atoms with Crippen LogP contribution in [0.4, 0.5) is 34.1 Å². The molecule has 74 heavy (non-hydrogen) atoms. The smallest absolute Gasteiger partial charge is 0.0732 e. The van der Waals surface area contributed by atoms with Crippen molar-refractivity contribution in [2.45, 2.75) is 10.8 Å². The van der Waals surface area contributed by atoms with Crippen molar-refractivity contribution in [1.82, 2.24) is 0 Å². The minimum Gasteiger partial charge on any atom is -0.310 e. The number of hydrogen-bond donors (Lipinski definition) is 0. The van der Waals surface area contributed by atoms with Gasteiger partial charge in [-0.2, -0.15) is 0 Å². The average Bonchev–Trinajstić information content (AvgIpc) is 4.11. The molecule has 0 fully saturated rings. The minimum absolute atomic E-state index is 0.537. The molecule has 1 spiro atoms. The molecule has 0 bridgehead atoms. The average molecular weight is 941 g/mol. The summed E-state index contributed by atoms with van der Waals surface area (Å²) >= 11 is 0. The molecular weight excluding hydrogens is 893 g/mol. The Morgan fingerprint density at radius 3 is 1.22 bits per heavy atom. The maximum atomic E-state index is 2.54. The SMILES string of the molecule is c1ccc(N(c2ccc3c(c2)C2(c4ccccc4-3)c3ccccc3-c3cc(N(c4ccccc4)c4ccccc4)c4ccccc4c32)c2cccc3c2-c2ccccc2C3(c2ccccc2)c2ccccc2)cc1. The van der Waals surface area contributed by atoms with Crippen LogP contribution < -0.4 is 9.80 Å². The fraction of sp³-hybridized carbons (Fsp3) is 0.0278. The molecule has 2 heteroatoms. The highest BCUT2D eigenvalue weighted by Crippen LogP contribution is 2.66. The molecule has 0 amide bonds. The van der Waals surface area contributed by atoms with E-state index in [9.17, 15) is 0 Å². The van der Waals surface area contributed by atoms with E-state index < -0.39 is 10.8 Å². The quantitative estimate of drug-likeness (QED) is 0.150. The number of para-hydroxylation sites is 3. The van der Waals surface area contributed by atoms with E-state index in [4.69, 9.17) is 0 Å². The Morgan fingerprint density at radius 1 is 0.230 bits per heavy atom. The van der Waals surface area contributed by atoms with Crippen molar-refractivity contribution >= 4 is 44.9 Å². The lowest BCUT2D eigenvalue weighted by atomic mass is 9.68. The van der Waals surface area contributed by atoms with Gasteiger partial charge in [-0.05, 0) is 138 Å². The fourth-order valence-corrected chi connectivity index (χ4v) is 13.5. The topological polar surface area (TPSA) is 6.48 Å². The summed E-state index contributed by atoms with van der Waals surface area (Å²) in [6.45, 7) is 0. The molecule has 0 N–H and O–H groups in total. The molecular formula is C72H48N2. The lowest BCUT2D eigenvalue weighted by Crippen LogP contribution is -2.28. The van der Waals surface area contributed by atoms with Crippen LogP contribution in [0.15, 0.2) is 291 Å². The third-order valence-corrected chi connectivity index (χ3v) is 16.3. The van der Waals surface area contributed by atoms with Gasteiger partial charge in [0.15, 0.2) is 0 Å². The highest BCUT2D eigenvalue weighted by molar-refractivity contribution is 6.10. The van der Waals surface area contributed by atoms with Crippen molar-refractivity contribution in [3.05, 3.63) is 336 Å². The van der Waals surface area contributed by atoms with Crippen LogP contribution in [0.2, 0.25) is 0 Å². The van der Waals surface area contributed by atoms with Crippen LogP contribution in [0.5, 0.6) is 0 Å². The Bertz CT molecular complexity index is 4050. The number of hydrogen-bond acceptors (Lipinski definition) is 2. The van der Waals surface area contributed by atoms with Crippen molar-refractivity contribution in [2.24, 2.45) is 0 Å². The summed E-state index contributed by atoms with van der Waals surface area (Å²) in [5.74, 6) is 0. The summed E-state index contributed by atoms with van der Waals surface area (Å²) in [7, 11) is 0. The molecule has 1 atom stereocenters. The predicted molar refractivity (Wildman–Crippen MR) is 307 cm³/mol. The van der Waals surface area contributed by atoms with Crippen molar-refractivity contribution in [3.63, 3.8) is 0 Å². The van der Waals surface area contributed by atoms with E-state index in [1.165, 1.54) is 88.7 Å². The van der Waals surface area contributed by atoms with E-state index in [0.29, 0.717) is 0 Å². The lowest BCUT2D eigenvalue weighted by molar-refractivity contribution is 0.768. The molecule has 3 aliphatic rings. The van der Waals surface area contributed by atoms with Crippen molar-refractivity contribution in [1.29, 1.82) is 0 Å². The predicted octanol–water partition coefficient (Wildman–Crippen LogP) is 18.5. The molecule has 1 unspecified atom stereocenters. The standard InChI is InChI=1S/C72H48N2/c1-6-25-49(26-7-1)71(50-27-8-2-9-28-50)64-42-23-20-39-60(64)69-65(71)43-24-44-67(69)74(53-33-14-5-15-34-53)54-45-46-57-55-35-18-21-40-62(55)72(66(57)47-54)63-41-22-19-36-56(63)61-48-68(58-37-16-17-38-59(58)70(61)72)73(51-29-10-3-11-30-51)52-31-12-4-13-32-52/h1-48H. The van der Waals surface area contributed by atoms with Crippen molar-refractivity contribution in [3.8, 4) is 33.4 Å². The summed E-state index contributed by atoms with van der Waals surface area (Å²) in [5, 5.41) is 2.45. The third kappa shape index (κ3) is 5.82. The van der Waals surface area contributed by atoms with Crippen LogP contribution in [0, 0.1) is 0 Å². The first-order valence-electron chi connectivity index (χ1n) is 25.8. The summed E-state index contributed by atoms with van der Waals surface area (Å²) < 4.78 is 0. The minimum atomic E-state index is -0.625. The number of rotatable bonds is 8. The van der Waals surface area contributed by atoms with Crippen molar-refractivity contribution < 1.29 is 0 Å². The first-order valence-corrected chi connectivity index (χ1v) is 25.8. The maximum absolute atomic E-state index is 2.54. The lowest BCUT2D eigenvalue weighted by Gasteiger charge is -2.35. The van der Waals surface area contributed by atoms with Crippen LogP contribution in [0.25, 0.3) is 44.2 Å². The van der Waals surface area contributed by atoms with Gasteiger partial charge in [-0.25, -0.2) is 0 Å². The van der Waals surface area contributed by atoms with Gasteiger partial charge in [-0.1, -0.05) is 231 Å². The van der Waals surface area contributed by atoms with E-state index in [2.05, 4.69) is 301 Å². The van der Waals surface area contributed by atoms with Gasteiger partial charge in [0.2, 0.25) is 0 Å². The number of benzene rings is 12. The van der Waals surface area contributed by atoms with Crippen LogP contribution in [0.3, 0.4) is 0 Å². The summed E-state index contributed by atoms with van der Waals surface area (Å²) in [4.78, 5) is 4.96. The first-order chi connectivity index (χ1) is 36.8. The maximum Gasteiger partial charge on any atom is 0.0732 e. The zero-order valence-electron chi connectivity index (χ0n) is 40.6. The number of nitrogens with zero attached hydrogens (tertiary/aromatic N) is 2. The Hall–Kier alpha value is -9.50. The van der Waals surface area contributed by atoms with Gasteiger partial charge in [-0.3, -0.25) is 0 Å². The van der Waals surface area contributed by atoms with Gasteiger partial charge >= 0.3 is 0 Å². The van der Waals surface area contributed by atoms with E-state index in [1.54, 1.807) is 0 Å². The Labute approximate surface area is 432 Å². The van der Waals surface area contributed by atoms with Crippen LogP contribution in [-0.4, -0.2) is 0 Å². The molecule has 0 radical (unpaired) electrons. The molecule has 2 nitrogen and oxygen atoms in total. The molecule has 15 rings (SSSR count). The van der Waals surface area contributed by atoms with Crippen LogP contribution in [-0.2, 0) is 10.8 Å². The Balaban J connectivity index is 1.01. The molecule has 346 valence electrons. The third-order valence-electron chi connectivity index (χ3n) is 16.3. The molecule has 0 aromatic heterocycles. The van der Waals surface area contributed by atoms with Crippen LogP contribution in [0.1, 0.15) is 44.5 Å². The Kier molecular flexibility index (Phi) is 9.43. The second-order valence-corrected chi connectivity index (χ2v) is 19.8. The molecule has 12 aromatic carbocycles. The van der Waals surface area contributed by atoms with Gasteiger partial charge in [-0.15, -0.1) is 0 Å². The largest absolute Gasteiger partial charge is 0.310 e. The highest BCUT2D eigenvalue weighted by atomic mass is 15.2. The van der Waals surface area contributed by atoms with Gasteiger partial charge in [0.1, 0.15) is 0 Å². The summed E-state index contributed by atoms with van der Waals surface area (Å²) in [6.07, 6.45) is 0. The molecule has 0 aliphatic heterocycles. The van der Waals surface area contributed by atoms with Gasteiger partial charge < -0.3 is 9.80 Å². The van der Waals surface area contributed by atoms with E-state index in [0.717, 1.165) is 34.1 Å². The zero-order valence-corrected chi connectivity index (χ0v) is 40.6. The first kappa shape index (κ1) is 42.2. The van der Waals surface area contributed by atoms with E-state index in [1.807, 2.05) is 0 Å². The second-order valence-electron chi connectivity index (χ2n) is 19.8. The van der Waals surface area contributed by atoms with Crippen molar-refractivity contribution in [2.75, 3.05) is 9.80 Å². The molecule has 0 saturated carbocycles. The second kappa shape index (κ2) is 16.5. The normalized spacial score (nSPS) is 14.9. The molecule has 0 saturated heterocycles. The van der Waals surface area contributed by atoms with Gasteiger partial charge in [0.25, 0.3) is 0 Å². The van der Waals surface area contributed by atoms with E-state index >= 15 is 0 Å². The van der Waals surface area contributed by atoms with Crippen LogP contribution >= 0.6 is 0 Å².